The number of benzene rings is 1. The summed E-state index contributed by atoms with van der Waals surface area (Å²) >= 11 is 0. The largest absolute Gasteiger partial charge is 0.494 e. The van der Waals surface area contributed by atoms with Gasteiger partial charge in [0, 0.05) is 28.9 Å². The first kappa shape index (κ1) is 23.6. The van der Waals surface area contributed by atoms with Crippen LogP contribution in [0.1, 0.15) is 52.5 Å². The Morgan fingerprint density at radius 1 is 1.08 bits per heavy atom. The zero-order chi connectivity index (χ0) is 18.9. The summed E-state index contributed by atoms with van der Waals surface area (Å²) in [6.45, 7) is 11.9. The molecule has 25 heavy (non-hydrogen) atoms. The first-order chi connectivity index (χ1) is 12.2. The Hall–Kier alpha value is -1.38. The van der Waals surface area contributed by atoms with E-state index < -0.39 is 10.8 Å². The molecule has 1 aromatic carbocycles. The summed E-state index contributed by atoms with van der Waals surface area (Å²) in [5.74, 6) is 2.44. The molecule has 0 bridgehead atoms. The molecule has 0 aliphatic rings. The summed E-state index contributed by atoms with van der Waals surface area (Å²) in [4.78, 5) is 2.38. The Bertz CT molecular complexity index is 497. The second-order valence-corrected chi connectivity index (χ2v) is 7.17. The highest BCUT2D eigenvalue weighted by atomic mass is 32.2. The standard InChI is InChI=1S/C18H28N2O2S.C2H6/c1-3-14-23(21)15-6-12-20(4-2)11-5-13-22-18-9-7-17(16-19)8-10-18;1-2/h7-10H,3-6,11-15H2,1-2H3;1-2H3. The van der Waals surface area contributed by atoms with Crippen molar-refractivity contribution in [1.29, 1.82) is 5.26 Å². The van der Waals surface area contributed by atoms with E-state index in [1.54, 1.807) is 12.1 Å². The summed E-state index contributed by atoms with van der Waals surface area (Å²) in [6.07, 6.45) is 2.96. The quantitative estimate of drug-likeness (QED) is 0.520. The molecule has 0 saturated heterocycles. The fourth-order valence-corrected chi connectivity index (χ4v) is 3.42. The summed E-state index contributed by atoms with van der Waals surface area (Å²) in [5, 5.41) is 8.75. The molecular formula is C20H34N2O2S. The van der Waals surface area contributed by atoms with Crippen LogP contribution in [0.5, 0.6) is 5.75 Å². The van der Waals surface area contributed by atoms with Crippen molar-refractivity contribution in [3.8, 4) is 11.8 Å². The van der Waals surface area contributed by atoms with Crippen LogP contribution in [0.25, 0.3) is 0 Å². The van der Waals surface area contributed by atoms with Crippen molar-refractivity contribution >= 4 is 10.8 Å². The molecule has 0 aliphatic carbocycles. The Kier molecular flexibility index (Phi) is 15.2. The minimum Gasteiger partial charge on any atom is -0.494 e. The molecule has 1 unspecified atom stereocenters. The molecular weight excluding hydrogens is 332 g/mol. The van der Waals surface area contributed by atoms with Gasteiger partial charge in [-0.05, 0) is 56.6 Å². The number of hydrogen-bond acceptors (Lipinski definition) is 4. The minimum absolute atomic E-state index is 0.648. The van der Waals surface area contributed by atoms with Gasteiger partial charge in [-0.3, -0.25) is 4.21 Å². The molecule has 5 heteroatoms. The first-order valence-corrected chi connectivity index (χ1v) is 10.9. The SMILES string of the molecule is CC.CCCS(=O)CCCN(CC)CCCOc1ccc(C#N)cc1. The molecule has 0 fully saturated rings. The molecule has 0 heterocycles. The molecule has 0 aliphatic heterocycles. The van der Waals surface area contributed by atoms with Gasteiger partial charge in [-0.15, -0.1) is 0 Å². The zero-order valence-electron chi connectivity index (χ0n) is 16.3. The lowest BCUT2D eigenvalue weighted by atomic mass is 10.2. The van der Waals surface area contributed by atoms with E-state index in [0.29, 0.717) is 12.2 Å². The van der Waals surface area contributed by atoms with E-state index in [1.807, 2.05) is 26.0 Å². The molecule has 1 atom stereocenters. The van der Waals surface area contributed by atoms with E-state index in [1.165, 1.54) is 0 Å². The summed E-state index contributed by atoms with van der Waals surface area (Å²) in [6, 6.07) is 9.30. The topological polar surface area (TPSA) is 53.3 Å². The highest BCUT2D eigenvalue weighted by Gasteiger charge is 2.04. The van der Waals surface area contributed by atoms with Gasteiger partial charge in [0.15, 0.2) is 0 Å². The summed E-state index contributed by atoms with van der Waals surface area (Å²) in [5.41, 5.74) is 0.648. The van der Waals surface area contributed by atoms with Crippen molar-refractivity contribution in [3.05, 3.63) is 29.8 Å². The van der Waals surface area contributed by atoms with Crippen LogP contribution in [0.4, 0.5) is 0 Å². The minimum atomic E-state index is -0.648. The maximum absolute atomic E-state index is 11.6. The molecule has 0 radical (unpaired) electrons. The van der Waals surface area contributed by atoms with Gasteiger partial charge in [-0.25, -0.2) is 0 Å². The average molecular weight is 367 g/mol. The first-order valence-electron chi connectivity index (χ1n) is 9.39. The molecule has 0 spiro atoms. The van der Waals surface area contributed by atoms with Crippen molar-refractivity contribution in [1.82, 2.24) is 4.90 Å². The lowest BCUT2D eigenvalue weighted by Crippen LogP contribution is -2.27. The summed E-state index contributed by atoms with van der Waals surface area (Å²) in [7, 11) is -0.648. The lowest BCUT2D eigenvalue weighted by molar-refractivity contribution is 0.242. The van der Waals surface area contributed by atoms with Gasteiger partial charge in [-0.1, -0.05) is 27.7 Å². The third-order valence-electron chi connectivity index (χ3n) is 3.60. The number of ether oxygens (including phenoxy) is 1. The number of rotatable bonds is 12. The van der Waals surface area contributed by atoms with Crippen LogP contribution in [0, 0.1) is 11.3 Å². The fourth-order valence-electron chi connectivity index (χ4n) is 2.31. The number of hydrogen-bond donors (Lipinski definition) is 0. The fraction of sp³-hybridized carbons (Fsp3) is 0.650. The van der Waals surface area contributed by atoms with Crippen molar-refractivity contribution in [3.63, 3.8) is 0 Å². The van der Waals surface area contributed by atoms with Gasteiger partial charge in [0.05, 0.1) is 18.2 Å². The van der Waals surface area contributed by atoms with Gasteiger partial charge in [-0.2, -0.15) is 5.26 Å². The van der Waals surface area contributed by atoms with Gasteiger partial charge < -0.3 is 9.64 Å². The van der Waals surface area contributed by atoms with Crippen molar-refractivity contribution < 1.29 is 8.95 Å². The van der Waals surface area contributed by atoms with Crippen molar-refractivity contribution in [2.75, 3.05) is 37.7 Å². The van der Waals surface area contributed by atoms with E-state index in [2.05, 4.69) is 24.8 Å². The Morgan fingerprint density at radius 3 is 2.28 bits per heavy atom. The van der Waals surface area contributed by atoms with Crippen LogP contribution < -0.4 is 4.74 Å². The Balaban J connectivity index is 0.00000277. The maximum Gasteiger partial charge on any atom is 0.119 e. The number of nitriles is 1. The molecule has 0 aromatic heterocycles. The highest BCUT2D eigenvalue weighted by molar-refractivity contribution is 7.84. The monoisotopic (exact) mass is 366 g/mol. The van der Waals surface area contributed by atoms with E-state index in [0.717, 1.165) is 56.2 Å². The predicted molar refractivity (Wildman–Crippen MR) is 108 cm³/mol. The van der Waals surface area contributed by atoms with E-state index in [4.69, 9.17) is 10.00 Å². The van der Waals surface area contributed by atoms with Gasteiger partial charge in [0.2, 0.25) is 0 Å². The van der Waals surface area contributed by atoms with Crippen LogP contribution >= 0.6 is 0 Å². The second kappa shape index (κ2) is 16.1. The van der Waals surface area contributed by atoms with Crippen molar-refractivity contribution in [2.45, 2.75) is 47.0 Å². The van der Waals surface area contributed by atoms with Crippen molar-refractivity contribution in [2.24, 2.45) is 0 Å². The summed E-state index contributed by atoms with van der Waals surface area (Å²) < 4.78 is 17.3. The molecule has 0 N–H and O–H groups in total. The third-order valence-corrected chi connectivity index (χ3v) is 5.20. The van der Waals surface area contributed by atoms with Gasteiger partial charge >= 0.3 is 0 Å². The molecule has 4 nitrogen and oxygen atoms in total. The van der Waals surface area contributed by atoms with E-state index in [-0.39, 0.29) is 0 Å². The van der Waals surface area contributed by atoms with Crippen LogP contribution in [0.15, 0.2) is 24.3 Å². The molecule has 0 amide bonds. The second-order valence-electron chi connectivity index (χ2n) is 5.47. The predicted octanol–water partition coefficient (Wildman–Crippen LogP) is 4.22. The molecule has 0 saturated carbocycles. The van der Waals surface area contributed by atoms with Crippen LogP contribution in [0.3, 0.4) is 0 Å². The maximum atomic E-state index is 11.6. The zero-order valence-corrected chi connectivity index (χ0v) is 17.1. The van der Waals surface area contributed by atoms with E-state index in [9.17, 15) is 4.21 Å². The van der Waals surface area contributed by atoms with Crippen LogP contribution in [-0.4, -0.2) is 46.9 Å². The van der Waals surface area contributed by atoms with Crippen LogP contribution in [0.2, 0.25) is 0 Å². The molecule has 1 rings (SSSR count). The normalized spacial score (nSPS) is 11.4. The smallest absolute Gasteiger partial charge is 0.119 e. The highest BCUT2D eigenvalue weighted by Crippen LogP contribution is 2.11. The van der Waals surface area contributed by atoms with Crippen LogP contribution in [-0.2, 0) is 10.8 Å². The van der Waals surface area contributed by atoms with E-state index >= 15 is 0 Å². The Morgan fingerprint density at radius 2 is 1.72 bits per heavy atom. The Labute approximate surface area is 156 Å². The lowest BCUT2D eigenvalue weighted by Gasteiger charge is -2.20. The van der Waals surface area contributed by atoms with Gasteiger partial charge in [0.25, 0.3) is 0 Å². The molecule has 1 aromatic rings. The average Bonchev–Trinajstić information content (AvgIpc) is 2.66. The van der Waals surface area contributed by atoms with Gasteiger partial charge in [0.1, 0.15) is 5.75 Å². The third kappa shape index (κ3) is 11.7. The number of nitrogens with zero attached hydrogens (tertiary/aromatic N) is 2. The molecule has 142 valence electrons.